The fourth-order valence-corrected chi connectivity index (χ4v) is 3.23. The normalized spacial score (nSPS) is 19.3. The van der Waals surface area contributed by atoms with Gasteiger partial charge < -0.3 is 19.4 Å². The van der Waals surface area contributed by atoms with Crippen molar-refractivity contribution in [3.63, 3.8) is 0 Å². The van der Waals surface area contributed by atoms with Crippen LogP contribution in [-0.4, -0.2) is 31.1 Å². The molecule has 0 aliphatic carbocycles. The highest BCUT2D eigenvalue weighted by Crippen LogP contribution is 2.32. The largest absolute Gasteiger partial charge is 0.459 e. The van der Waals surface area contributed by atoms with Gasteiger partial charge >= 0.3 is 0 Å². The number of furan rings is 1. The van der Waals surface area contributed by atoms with Crippen molar-refractivity contribution in [3.05, 3.63) is 47.9 Å². The van der Waals surface area contributed by atoms with Crippen molar-refractivity contribution in [2.24, 2.45) is 0 Å². The maximum absolute atomic E-state index is 12.6. The number of rotatable bonds is 3. The van der Waals surface area contributed by atoms with Gasteiger partial charge in [-0.3, -0.25) is 9.59 Å². The van der Waals surface area contributed by atoms with Crippen molar-refractivity contribution < 1.29 is 18.7 Å². The fourth-order valence-electron chi connectivity index (χ4n) is 3.23. The minimum atomic E-state index is -0.336. The van der Waals surface area contributed by atoms with Gasteiger partial charge in [0.2, 0.25) is 0 Å². The molecule has 2 aliphatic heterocycles. The number of nitrogens with zero attached hydrogens (tertiary/aromatic N) is 1. The SMILES string of the molecule is O=C(Nc1ccc2c(c1)N(C(=O)[C@@H]1CCCO1)CC2)c1ccco1. The van der Waals surface area contributed by atoms with Gasteiger partial charge in [-0.05, 0) is 49.1 Å². The molecule has 2 aliphatic rings. The van der Waals surface area contributed by atoms with E-state index in [1.807, 2.05) is 18.2 Å². The van der Waals surface area contributed by atoms with Crippen LogP contribution in [0.4, 0.5) is 11.4 Å². The highest BCUT2D eigenvalue weighted by molar-refractivity contribution is 6.03. The summed E-state index contributed by atoms with van der Waals surface area (Å²) in [5.41, 5.74) is 2.60. The molecule has 1 atom stereocenters. The third-order valence-corrected chi connectivity index (χ3v) is 4.45. The standard InChI is InChI=1S/C18H18N2O4/c21-17(15-3-1-9-23-15)19-13-6-5-12-7-8-20(14(12)11-13)18(22)16-4-2-10-24-16/h1,3,5-6,9,11,16H,2,4,7-8,10H2,(H,19,21)/t16-/m0/s1. The molecule has 0 saturated carbocycles. The van der Waals surface area contributed by atoms with Crippen LogP contribution in [0.3, 0.4) is 0 Å². The van der Waals surface area contributed by atoms with Gasteiger partial charge in [0.15, 0.2) is 5.76 Å². The zero-order valence-corrected chi connectivity index (χ0v) is 13.2. The first kappa shape index (κ1) is 15.0. The summed E-state index contributed by atoms with van der Waals surface area (Å²) in [7, 11) is 0. The molecule has 1 N–H and O–H groups in total. The van der Waals surface area contributed by atoms with Crippen LogP contribution >= 0.6 is 0 Å². The number of fused-ring (bicyclic) bond motifs is 1. The second-order valence-electron chi connectivity index (χ2n) is 6.02. The lowest BCUT2D eigenvalue weighted by Gasteiger charge is -2.21. The minimum absolute atomic E-state index is 0.0146. The summed E-state index contributed by atoms with van der Waals surface area (Å²) in [6, 6.07) is 8.92. The van der Waals surface area contributed by atoms with Gasteiger partial charge in [0.1, 0.15) is 6.10 Å². The molecule has 3 heterocycles. The van der Waals surface area contributed by atoms with Gasteiger partial charge in [-0.1, -0.05) is 6.07 Å². The van der Waals surface area contributed by atoms with Gasteiger partial charge in [0.25, 0.3) is 11.8 Å². The maximum Gasteiger partial charge on any atom is 0.291 e. The predicted octanol–water partition coefficient (Wildman–Crippen LogP) is 2.60. The van der Waals surface area contributed by atoms with E-state index < -0.39 is 0 Å². The van der Waals surface area contributed by atoms with Crippen molar-refractivity contribution in [1.29, 1.82) is 0 Å². The lowest BCUT2D eigenvalue weighted by Crippen LogP contribution is -2.37. The van der Waals surface area contributed by atoms with Crippen LogP contribution in [0.5, 0.6) is 0 Å². The van der Waals surface area contributed by atoms with E-state index in [9.17, 15) is 9.59 Å². The average molecular weight is 326 g/mol. The Labute approximate surface area is 139 Å². The van der Waals surface area contributed by atoms with Crippen LogP contribution in [0.25, 0.3) is 0 Å². The van der Waals surface area contributed by atoms with Crippen LogP contribution < -0.4 is 10.2 Å². The summed E-state index contributed by atoms with van der Waals surface area (Å²) in [5.74, 6) is -0.0431. The Morgan fingerprint density at radius 1 is 1.25 bits per heavy atom. The number of carbonyl (C=O) groups excluding carboxylic acids is 2. The summed E-state index contributed by atoms with van der Waals surface area (Å²) in [6.07, 6.45) is 3.65. The van der Waals surface area contributed by atoms with Gasteiger partial charge in [0.05, 0.1) is 6.26 Å². The number of hydrogen-bond acceptors (Lipinski definition) is 4. The average Bonchev–Trinajstić information content (AvgIpc) is 3.33. The van der Waals surface area contributed by atoms with Crippen LogP contribution in [0.2, 0.25) is 0 Å². The van der Waals surface area contributed by atoms with Crippen molar-refractivity contribution in [1.82, 2.24) is 0 Å². The molecule has 0 unspecified atom stereocenters. The molecule has 6 heteroatoms. The van der Waals surface area contributed by atoms with Gasteiger partial charge in [0, 0.05) is 24.5 Å². The fraction of sp³-hybridized carbons (Fsp3) is 0.333. The Morgan fingerprint density at radius 3 is 2.92 bits per heavy atom. The van der Waals surface area contributed by atoms with Crippen molar-refractivity contribution in [2.45, 2.75) is 25.4 Å². The molecule has 2 amide bonds. The Kier molecular flexibility index (Phi) is 3.82. The van der Waals surface area contributed by atoms with Crippen molar-refractivity contribution in [2.75, 3.05) is 23.4 Å². The van der Waals surface area contributed by atoms with Crippen LogP contribution in [0.1, 0.15) is 29.0 Å². The summed E-state index contributed by atoms with van der Waals surface area (Å²) in [4.78, 5) is 26.5. The highest BCUT2D eigenvalue weighted by Gasteiger charge is 2.32. The van der Waals surface area contributed by atoms with Gasteiger partial charge in [-0.2, -0.15) is 0 Å². The number of anilines is 2. The lowest BCUT2D eigenvalue weighted by molar-refractivity contribution is -0.127. The number of hydrogen-bond donors (Lipinski definition) is 1. The summed E-state index contributed by atoms with van der Waals surface area (Å²) in [5, 5.41) is 2.80. The molecular formula is C18H18N2O4. The molecule has 0 radical (unpaired) electrons. The first-order chi connectivity index (χ1) is 11.7. The monoisotopic (exact) mass is 326 g/mol. The topological polar surface area (TPSA) is 71.8 Å². The molecule has 0 spiro atoms. The highest BCUT2D eigenvalue weighted by atomic mass is 16.5. The van der Waals surface area contributed by atoms with Crippen LogP contribution in [-0.2, 0) is 16.0 Å². The molecule has 1 saturated heterocycles. The Morgan fingerprint density at radius 2 is 2.17 bits per heavy atom. The zero-order valence-electron chi connectivity index (χ0n) is 13.2. The third-order valence-electron chi connectivity index (χ3n) is 4.45. The number of amides is 2. The van der Waals surface area contributed by atoms with E-state index in [0.717, 1.165) is 30.5 Å². The Hall–Kier alpha value is -2.60. The number of benzene rings is 1. The van der Waals surface area contributed by atoms with E-state index in [2.05, 4.69) is 5.32 Å². The molecule has 1 aromatic carbocycles. The molecule has 2 aromatic rings. The van der Waals surface area contributed by atoms with E-state index in [4.69, 9.17) is 9.15 Å². The Balaban J connectivity index is 1.54. The van der Waals surface area contributed by atoms with E-state index in [1.54, 1.807) is 17.0 Å². The summed E-state index contributed by atoms with van der Waals surface area (Å²) >= 11 is 0. The zero-order chi connectivity index (χ0) is 16.5. The second-order valence-corrected chi connectivity index (χ2v) is 6.02. The molecule has 4 rings (SSSR count). The third kappa shape index (κ3) is 2.69. The minimum Gasteiger partial charge on any atom is -0.459 e. The molecule has 0 bridgehead atoms. The molecular weight excluding hydrogens is 308 g/mol. The molecule has 124 valence electrons. The van der Waals surface area contributed by atoms with E-state index in [0.29, 0.717) is 18.8 Å². The van der Waals surface area contributed by atoms with Gasteiger partial charge in [-0.25, -0.2) is 0 Å². The van der Waals surface area contributed by atoms with Gasteiger partial charge in [-0.15, -0.1) is 0 Å². The van der Waals surface area contributed by atoms with Crippen LogP contribution in [0, 0.1) is 0 Å². The number of carbonyl (C=O) groups is 2. The first-order valence-corrected chi connectivity index (χ1v) is 8.13. The Bertz CT molecular complexity index is 763. The molecule has 1 aromatic heterocycles. The van der Waals surface area contributed by atoms with Crippen molar-refractivity contribution >= 4 is 23.2 Å². The van der Waals surface area contributed by atoms with Crippen molar-refractivity contribution in [3.8, 4) is 0 Å². The first-order valence-electron chi connectivity index (χ1n) is 8.13. The number of ether oxygens (including phenoxy) is 1. The summed E-state index contributed by atoms with van der Waals surface area (Å²) < 4.78 is 10.6. The lowest BCUT2D eigenvalue weighted by atomic mass is 10.1. The second kappa shape index (κ2) is 6.13. The quantitative estimate of drug-likeness (QED) is 0.941. The van der Waals surface area contributed by atoms with Crippen LogP contribution in [0.15, 0.2) is 41.0 Å². The van der Waals surface area contributed by atoms with E-state index in [1.165, 1.54) is 6.26 Å². The molecule has 6 nitrogen and oxygen atoms in total. The maximum atomic E-state index is 12.6. The summed E-state index contributed by atoms with van der Waals surface area (Å²) in [6.45, 7) is 1.31. The van der Waals surface area contributed by atoms with E-state index in [-0.39, 0.29) is 23.7 Å². The predicted molar refractivity (Wildman–Crippen MR) is 88.1 cm³/mol. The number of nitrogens with one attached hydrogen (secondary N) is 1. The van der Waals surface area contributed by atoms with E-state index >= 15 is 0 Å². The molecule has 1 fully saturated rings. The molecule has 24 heavy (non-hydrogen) atoms. The smallest absolute Gasteiger partial charge is 0.291 e.